The number of carboxylic acid groups (broad SMARTS) is 1. The zero-order valence-electron chi connectivity index (χ0n) is 7.59. The predicted octanol–water partition coefficient (Wildman–Crippen LogP) is 1.20. The van der Waals surface area contributed by atoms with Crippen LogP contribution in [-0.2, 0) is 4.79 Å². The zero-order valence-corrected chi connectivity index (χ0v) is 7.59. The minimum atomic E-state index is -0.922. The summed E-state index contributed by atoms with van der Waals surface area (Å²) in [4.78, 5) is 10.3. The third-order valence-electron chi connectivity index (χ3n) is 1.82. The lowest BCUT2D eigenvalue weighted by atomic mass is 10.00. The highest BCUT2D eigenvalue weighted by Crippen LogP contribution is 2.11. The third kappa shape index (κ3) is 5.89. The first-order valence-corrected chi connectivity index (χ1v) is 4.25. The highest BCUT2D eigenvalue weighted by Gasteiger charge is 2.02. The van der Waals surface area contributed by atoms with E-state index in [2.05, 4.69) is 13.8 Å². The highest BCUT2D eigenvalue weighted by atomic mass is 16.4. The summed E-state index contributed by atoms with van der Waals surface area (Å²) in [5.41, 5.74) is 0. The summed E-state index contributed by atoms with van der Waals surface area (Å²) >= 11 is 0. The molecule has 2 nitrogen and oxygen atoms in total. The molecule has 0 amide bonds. The molecule has 0 saturated carbocycles. The van der Waals surface area contributed by atoms with Gasteiger partial charge in [0, 0.05) is 5.97 Å². The number of aliphatic carboxylic acids is 1. The van der Waals surface area contributed by atoms with Gasteiger partial charge in [-0.2, -0.15) is 0 Å². The second-order valence-corrected chi connectivity index (χ2v) is 3.54. The van der Waals surface area contributed by atoms with E-state index in [0.29, 0.717) is 5.92 Å². The lowest BCUT2D eigenvalue weighted by Gasteiger charge is -2.12. The molecule has 1 unspecified atom stereocenters. The third-order valence-corrected chi connectivity index (χ3v) is 1.82. The first-order chi connectivity index (χ1) is 5.04. The van der Waals surface area contributed by atoms with Gasteiger partial charge >= 0.3 is 0 Å². The van der Waals surface area contributed by atoms with Crippen LogP contribution in [0, 0.1) is 11.8 Å². The average Bonchev–Trinajstić information content (AvgIpc) is 1.86. The van der Waals surface area contributed by atoms with Gasteiger partial charge in [0.2, 0.25) is 0 Å². The van der Waals surface area contributed by atoms with E-state index < -0.39 is 5.97 Å². The molecule has 0 aromatic carbocycles. The number of carboxylic acids is 1. The molecule has 0 aliphatic heterocycles. The molecule has 0 fully saturated rings. The normalized spacial score (nSPS) is 13.5. The van der Waals surface area contributed by atoms with Crippen LogP contribution < -0.4 is 5.11 Å². The van der Waals surface area contributed by atoms with Crippen molar-refractivity contribution >= 4 is 5.97 Å². The summed E-state index contributed by atoms with van der Waals surface area (Å²) in [7, 11) is 0. The van der Waals surface area contributed by atoms with Crippen LogP contribution >= 0.6 is 0 Å². The molecule has 0 N–H and O–H groups in total. The van der Waals surface area contributed by atoms with Gasteiger partial charge in [-0.3, -0.25) is 0 Å². The lowest BCUT2D eigenvalue weighted by molar-refractivity contribution is -0.311. The molecule has 0 aliphatic rings. The van der Waals surface area contributed by atoms with Crippen molar-refractivity contribution in [2.75, 3.05) is 0 Å². The van der Waals surface area contributed by atoms with Crippen molar-refractivity contribution < 1.29 is 9.90 Å². The summed E-state index contributed by atoms with van der Waals surface area (Å²) in [6, 6.07) is 0. The Bertz CT molecular complexity index is 119. The molecular formula is C9H17O2-. The second kappa shape index (κ2) is 5.16. The molecule has 0 rings (SSSR count). The van der Waals surface area contributed by atoms with Gasteiger partial charge in [-0.05, 0) is 18.3 Å². The Morgan fingerprint density at radius 1 is 1.27 bits per heavy atom. The summed E-state index contributed by atoms with van der Waals surface area (Å²) in [6.45, 7) is 5.99. The molecule has 1 atom stereocenters. The molecule has 0 aliphatic carbocycles. The first kappa shape index (κ1) is 10.5. The second-order valence-electron chi connectivity index (χ2n) is 3.54. The molecule has 0 saturated heterocycles. The van der Waals surface area contributed by atoms with Crippen molar-refractivity contribution in [3.8, 4) is 0 Å². The smallest absolute Gasteiger partial charge is 0.0442 e. The fraction of sp³-hybridized carbons (Fsp3) is 0.889. The SMILES string of the molecule is CC(C)CCCC(C)C(=O)[O-]. The maximum Gasteiger partial charge on any atom is 0.0442 e. The monoisotopic (exact) mass is 157 g/mol. The van der Waals surface area contributed by atoms with E-state index in [4.69, 9.17) is 0 Å². The van der Waals surface area contributed by atoms with Crippen molar-refractivity contribution in [2.45, 2.75) is 40.0 Å². The fourth-order valence-corrected chi connectivity index (χ4v) is 0.950. The van der Waals surface area contributed by atoms with E-state index in [-0.39, 0.29) is 5.92 Å². The van der Waals surface area contributed by atoms with Gasteiger partial charge in [-0.1, -0.05) is 33.6 Å². The van der Waals surface area contributed by atoms with Crippen LogP contribution in [0.5, 0.6) is 0 Å². The van der Waals surface area contributed by atoms with Gasteiger partial charge in [0.1, 0.15) is 0 Å². The number of rotatable bonds is 5. The molecule has 11 heavy (non-hydrogen) atoms. The molecule has 0 aromatic rings. The Morgan fingerprint density at radius 3 is 2.18 bits per heavy atom. The molecule has 0 radical (unpaired) electrons. The Hall–Kier alpha value is -0.530. The van der Waals surface area contributed by atoms with Crippen molar-refractivity contribution in [2.24, 2.45) is 11.8 Å². The molecule has 0 aromatic heterocycles. The van der Waals surface area contributed by atoms with Crippen LogP contribution in [0.25, 0.3) is 0 Å². The minimum absolute atomic E-state index is 0.284. The largest absolute Gasteiger partial charge is 0.550 e. The highest BCUT2D eigenvalue weighted by molar-refractivity contribution is 5.66. The quantitative estimate of drug-likeness (QED) is 0.601. The van der Waals surface area contributed by atoms with Crippen LogP contribution in [0.15, 0.2) is 0 Å². The van der Waals surface area contributed by atoms with E-state index >= 15 is 0 Å². The van der Waals surface area contributed by atoms with Gasteiger partial charge in [-0.15, -0.1) is 0 Å². The van der Waals surface area contributed by atoms with Crippen molar-refractivity contribution in [1.29, 1.82) is 0 Å². The van der Waals surface area contributed by atoms with Gasteiger partial charge in [-0.25, -0.2) is 0 Å². The van der Waals surface area contributed by atoms with E-state index in [1.165, 1.54) is 0 Å². The maximum absolute atomic E-state index is 10.3. The predicted molar refractivity (Wildman–Crippen MR) is 42.9 cm³/mol. The van der Waals surface area contributed by atoms with Crippen molar-refractivity contribution in [3.63, 3.8) is 0 Å². The standard InChI is InChI=1S/C9H18O2/c1-7(2)5-4-6-8(3)9(10)11/h7-8H,4-6H2,1-3H3,(H,10,11)/p-1. The van der Waals surface area contributed by atoms with E-state index in [0.717, 1.165) is 19.3 Å². The van der Waals surface area contributed by atoms with E-state index in [1.807, 2.05) is 0 Å². The maximum atomic E-state index is 10.3. The van der Waals surface area contributed by atoms with Gasteiger partial charge in [0.15, 0.2) is 0 Å². The number of carbonyl (C=O) groups is 1. The number of hydrogen-bond donors (Lipinski definition) is 0. The van der Waals surface area contributed by atoms with E-state index in [9.17, 15) is 9.90 Å². The summed E-state index contributed by atoms with van der Waals surface area (Å²) in [5, 5.41) is 10.3. The molecule has 0 bridgehead atoms. The van der Waals surface area contributed by atoms with Crippen LogP contribution in [-0.4, -0.2) is 5.97 Å². The molecular weight excluding hydrogens is 140 g/mol. The van der Waals surface area contributed by atoms with Crippen molar-refractivity contribution in [3.05, 3.63) is 0 Å². The van der Waals surface area contributed by atoms with Gasteiger partial charge in [0.05, 0.1) is 0 Å². The topological polar surface area (TPSA) is 40.1 Å². The fourth-order valence-electron chi connectivity index (χ4n) is 0.950. The van der Waals surface area contributed by atoms with E-state index in [1.54, 1.807) is 6.92 Å². The number of hydrogen-bond acceptors (Lipinski definition) is 2. The Balaban J connectivity index is 3.31. The lowest BCUT2D eigenvalue weighted by Crippen LogP contribution is -2.29. The zero-order chi connectivity index (χ0) is 8.85. The summed E-state index contributed by atoms with van der Waals surface area (Å²) < 4.78 is 0. The Kier molecular flexibility index (Phi) is 4.92. The van der Waals surface area contributed by atoms with Crippen molar-refractivity contribution in [1.82, 2.24) is 0 Å². The molecule has 0 spiro atoms. The Labute approximate surface area is 68.6 Å². The van der Waals surface area contributed by atoms with Crippen LogP contribution in [0.4, 0.5) is 0 Å². The minimum Gasteiger partial charge on any atom is -0.550 e. The molecule has 0 heterocycles. The first-order valence-electron chi connectivity index (χ1n) is 4.25. The number of carbonyl (C=O) groups excluding carboxylic acids is 1. The molecule has 2 heteroatoms. The van der Waals surface area contributed by atoms with Gasteiger partial charge < -0.3 is 9.90 Å². The summed E-state index contributed by atoms with van der Waals surface area (Å²) in [6.07, 6.45) is 2.85. The van der Waals surface area contributed by atoms with Crippen LogP contribution in [0.3, 0.4) is 0 Å². The Morgan fingerprint density at radius 2 is 1.82 bits per heavy atom. The van der Waals surface area contributed by atoms with Gasteiger partial charge in [0.25, 0.3) is 0 Å². The van der Waals surface area contributed by atoms with Crippen LogP contribution in [0.2, 0.25) is 0 Å². The average molecular weight is 157 g/mol. The van der Waals surface area contributed by atoms with Crippen LogP contribution in [0.1, 0.15) is 40.0 Å². The molecule has 66 valence electrons. The summed E-state index contributed by atoms with van der Waals surface area (Å²) in [5.74, 6) is -0.536.